The zero-order valence-electron chi connectivity index (χ0n) is 8.26. The molecule has 0 aliphatic carbocycles. The van der Waals surface area contributed by atoms with Crippen LogP contribution in [0.4, 0.5) is 0 Å². The maximum absolute atomic E-state index is 11.5. The molecule has 15 heavy (non-hydrogen) atoms. The van der Waals surface area contributed by atoms with Crippen molar-refractivity contribution in [1.29, 1.82) is 0 Å². The lowest BCUT2D eigenvalue weighted by Gasteiger charge is -2.01. The Hall–Kier alpha value is -0.720. The van der Waals surface area contributed by atoms with E-state index in [0.29, 0.717) is 17.9 Å². The van der Waals surface area contributed by atoms with Crippen molar-refractivity contribution in [1.82, 2.24) is 0 Å². The van der Waals surface area contributed by atoms with Crippen LogP contribution in [-0.4, -0.2) is 34.8 Å². The van der Waals surface area contributed by atoms with Crippen LogP contribution in [0.3, 0.4) is 0 Å². The molecule has 0 bridgehead atoms. The summed E-state index contributed by atoms with van der Waals surface area (Å²) < 4.78 is 16.3. The first-order valence-corrected chi connectivity index (χ1v) is 6.65. The average molecular weight is 248 g/mol. The number of carbonyl (C=O) groups is 1. The summed E-state index contributed by atoms with van der Waals surface area (Å²) in [7, 11) is 0.488. The molecule has 1 rings (SSSR count). The highest BCUT2D eigenvalue weighted by molar-refractivity contribution is 7.84. The van der Waals surface area contributed by atoms with Crippen molar-refractivity contribution in [3.05, 3.63) is 21.9 Å². The number of hydrogen-bond donors (Lipinski definition) is 1. The first-order valence-electron chi connectivity index (χ1n) is 4.28. The molecule has 0 amide bonds. The van der Waals surface area contributed by atoms with Crippen LogP contribution >= 0.6 is 11.3 Å². The summed E-state index contributed by atoms with van der Waals surface area (Å²) in [5.41, 5.74) is 0.641. The third-order valence-electron chi connectivity index (χ3n) is 1.77. The zero-order chi connectivity index (χ0) is 11.3. The van der Waals surface area contributed by atoms with E-state index in [1.54, 1.807) is 18.6 Å². The molecule has 6 heteroatoms. The fourth-order valence-electron chi connectivity index (χ4n) is 1.06. The van der Waals surface area contributed by atoms with Crippen LogP contribution in [0.5, 0.6) is 0 Å². The lowest BCUT2D eigenvalue weighted by molar-refractivity contribution is 0.0701. The maximum atomic E-state index is 11.5. The highest BCUT2D eigenvalue weighted by Gasteiger charge is 2.13. The molecule has 1 aromatic rings. The van der Waals surface area contributed by atoms with Gasteiger partial charge in [-0.1, -0.05) is 0 Å². The molecule has 1 unspecified atom stereocenters. The standard InChI is InChI=1S/C9H12O4S2/c1-13-3-5-15(12)6-7-2-4-14-8(7)9(10)11/h2,4H,3,5-6H2,1H3,(H,10,11). The lowest BCUT2D eigenvalue weighted by atomic mass is 10.3. The predicted molar refractivity (Wildman–Crippen MR) is 59.9 cm³/mol. The molecule has 0 spiro atoms. The summed E-state index contributed by atoms with van der Waals surface area (Å²) in [6, 6.07) is 1.71. The van der Waals surface area contributed by atoms with Crippen molar-refractivity contribution in [3.8, 4) is 0 Å². The van der Waals surface area contributed by atoms with Gasteiger partial charge in [0.1, 0.15) is 4.88 Å². The summed E-state index contributed by atoms with van der Waals surface area (Å²) in [6.45, 7) is 0.430. The first-order chi connectivity index (χ1) is 7.15. The highest BCUT2D eigenvalue weighted by atomic mass is 32.2. The van der Waals surface area contributed by atoms with Gasteiger partial charge in [-0.05, 0) is 17.0 Å². The number of ether oxygens (including phenoxy) is 1. The van der Waals surface area contributed by atoms with Crippen LogP contribution in [0, 0.1) is 0 Å². The predicted octanol–water partition coefficient (Wildman–Crippen LogP) is 1.34. The van der Waals surface area contributed by atoms with Gasteiger partial charge in [0.2, 0.25) is 0 Å². The van der Waals surface area contributed by atoms with Crippen LogP contribution in [0.25, 0.3) is 0 Å². The van der Waals surface area contributed by atoms with E-state index >= 15 is 0 Å². The number of thiophene rings is 1. The smallest absolute Gasteiger partial charge is 0.346 e. The first kappa shape index (κ1) is 12.4. The molecular weight excluding hydrogens is 236 g/mol. The second-order valence-electron chi connectivity index (χ2n) is 2.86. The minimum Gasteiger partial charge on any atom is -0.477 e. The van der Waals surface area contributed by atoms with Gasteiger partial charge in [0.15, 0.2) is 0 Å². The molecule has 0 saturated carbocycles. The third-order valence-corrected chi connectivity index (χ3v) is 3.97. The van der Waals surface area contributed by atoms with Crippen molar-refractivity contribution < 1.29 is 18.8 Å². The van der Waals surface area contributed by atoms with E-state index < -0.39 is 16.8 Å². The van der Waals surface area contributed by atoms with Crippen LogP contribution in [0.15, 0.2) is 11.4 Å². The Labute approximate surface area is 94.3 Å². The fraction of sp³-hybridized carbons (Fsp3) is 0.444. The number of aromatic carboxylic acids is 1. The Morgan fingerprint density at radius 3 is 3.00 bits per heavy atom. The molecule has 84 valence electrons. The Morgan fingerprint density at radius 1 is 1.67 bits per heavy atom. The monoisotopic (exact) mass is 248 g/mol. The quantitative estimate of drug-likeness (QED) is 0.825. The molecule has 1 atom stereocenters. The summed E-state index contributed by atoms with van der Waals surface area (Å²) in [5.74, 6) is -0.233. The largest absolute Gasteiger partial charge is 0.477 e. The summed E-state index contributed by atoms with van der Waals surface area (Å²) >= 11 is 1.16. The Bertz CT molecular complexity index is 359. The van der Waals surface area contributed by atoms with E-state index in [2.05, 4.69) is 0 Å². The molecule has 0 aliphatic rings. The second-order valence-corrected chi connectivity index (χ2v) is 5.35. The Morgan fingerprint density at radius 2 is 2.40 bits per heavy atom. The van der Waals surface area contributed by atoms with Gasteiger partial charge >= 0.3 is 5.97 Å². The van der Waals surface area contributed by atoms with Gasteiger partial charge in [0.05, 0.1) is 12.4 Å². The topological polar surface area (TPSA) is 63.6 Å². The normalized spacial score (nSPS) is 12.6. The van der Waals surface area contributed by atoms with Crippen LogP contribution in [-0.2, 0) is 21.3 Å². The van der Waals surface area contributed by atoms with Gasteiger partial charge in [-0.3, -0.25) is 4.21 Å². The summed E-state index contributed by atoms with van der Waals surface area (Å²) in [5, 5.41) is 10.5. The van der Waals surface area contributed by atoms with E-state index in [1.807, 2.05) is 0 Å². The molecule has 1 N–H and O–H groups in total. The third kappa shape index (κ3) is 3.73. The van der Waals surface area contributed by atoms with Gasteiger partial charge in [-0.15, -0.1) is 11.3 Å². The Balaban J connectivity index is 2.60. The zero-order valence-corrected chi connectivity index (χ0v) is 9.90. The van der Waals surface area contributed by atoms with E-state index in [-0.39, 0.29) is 10.6 Å². The molecule has 0 aromatic carbocycles. The molecule has 0 saturated heterocycles. The second kappa shape index (κ2) is 5.99. The lowest BCUT2D eigenvalue weighted by Crippen LogP contribution is -2.08. The molecule has 1 heterocycles. The molecule has 4 nitrogen and oxygen atoms in total. The summed E-state index contributed by atoms with van der Waals surface area (Å²) in [6.07, 6.45) is 0. The molecule has 0 radical (unpaired) electrons. The van der Waals surface area contributed by atoms with Crippen molar-refractivity contribution in [3.63, 3.8) is 0 Å². The van der Waals surface area contributed by atoms with Gasteiger partial charge in [0, 0.05) is 23.7 Å². The number of carboxylic acid groups (broad SMARTS) is 1. The van der Waals surface area contributed by atoms with Gasteiger partial charge in [-0.2, -0.15) is 0 Å². The summed E-state index contributed by atoms with van der Waals surface area (Å²) in [4.78, 5) is 11.0. The molecule has 1 aromatic heterocycles. The van der Waals surface area contributed by atoms with Crippen molar-refractivity contribution in [2.45, 2.75) is 5.75 Å². The van der Waals surface area contributed by atoms with E-state index in [0.717, 1.165) is 11.3 Å². The SMILES string of the molecule is COCCS(=O)Cc1ccsc1C(=O)O. The number of hydrogen-bond acceptors (Lipinski definition) is 4. The average Bonchev–Trinajstić information content (AvgIpc) is 2.62. The minimum absolute atomic E-state index is 0.278. The van der Waals surface area contributed by atoms with E-state index in [1.165, 1.54) is 0 Å². The maximum Gasteiger partial charge on any atom is 0.346 e. The van der Waals surface area contributed by atoms with Gasteiger partial charge in [0.25, 0.3) is 0 Å². The number of carboxylic acids is 1. The number of methoxy groups -OCH3 is 1. The van der Waals surface area contributed by atoms with Crippen molar-refractivity contribution in [2.75, 3.05) is 19.5 Å². The molecule has 0 aliphatic heterocycles. The van der Waals surface area contributed by atoms with Gasteiger partial charge < -0.3 is 9.84 Å². The Kier molecular flexibility index (Phi) is 4.93. The molecular formula is C9H12O4S2. The minimum atomic E-state index is -1.06. The fourth-order valence-corrected chi connectivity index (χ4v) is 3.00. The van der Waals surface area contributed by atoms with E-state index in [4.69, 9.17) is 9.84 Å². The number of rotatable bonds is 6. The highest BCUT2D eigenvalue weighted by Crippen LogP contribution is 2.18. The molecule has 0 fully saturated rings. The van der Waals surface area contributed by atoms with Crippen molar-refractivity contribution >= 4 is 28.1 Å². The van der Waals surface area contributed by atoms with Crippen molar-refractivity contribution in [2.24, 2.45) is 0 Å². The van der Waals surface area contributed by atoms with Crippen LogP contribution in [0.1, 0.15) is 15.2 Å². The van der Waals surface area contributed by atoms with E-state index in [9.17, 15) is 9.00 Å². The van der Waals surface area contributed by atoms with Crippen LogP contribution < -0.4 is 0 Å². The van der Waals surface area contributed by atoms with Gasteiger partial charge in [-0.25, -0.2) is 4.79 Å². The van der Waals surface area contributed by atoms with Crippen LogP contribution in [0.2, 0.25) is 0 Å².